The van der Waals surface area contributed by atoms with Crippen LogP contribution in [0.15, 0.2) is 60.7 Å². The smallest absolute Gasteiger partial charge is 0.0175 e. The summed E-state index contributed by atoms with van der Waals surface area (Å²) in [7, 11) is 0. The molecule has 1 aromatic carbocycles. The summed E-state index contributed by atoms with van der Waals surface area (Å²) >= 11 is 0. The van der Waals surface area contributed by atoms with E-state index in [2.05, 4.69) is 69.8 Å². The van der Waals surface area contributed by atoms with E-state index in [9.17, 15) is 0 Å². The molecule has 1 aliphatic carbocycles. The minimum Gasteiger partial charge on any atom is -0.0988 e. The van der Waals surface area contributed by atoms with Gasteiger partial charge in [-0.05, 0) is 29.0 Å². The van der Waals surface area contributed by atoms with Crippen LogP contribution < -0.4 is 0 Å². The Hall–Kier alpha value is -1.56. The van der Waals surface area contributed by atoms with E-state index < -0.39 is 0 Å². The van der Waals surface area contributed by atoms with E-state index >= 15 is 0 Å². The van der Waals surface area contributed by atoms with Gasteiger partial charge in [-0.3, -0.25) is 0 Å². The van der Waals surface area contributed by atoms with Crippen molar-refractivity contribution in [2.24, 2.45) is 5.92 Å². The Balaban J connectivity index is 2.52. The molecule has 0 aliphatic heterocycles. The number of allylic oxidation sites excluding steroid dienone is 5. The van der Waals surface area contributed by atoms with E-state index in [1.165, 1.54) is 16.7 Å². The molecule has 0 spiro atoms. The number of benzene rings is 1. The van der Waals surface area contributed by atoms with Crippen LogP contribution in [-0.4, -0.2) is 0 Å². The fourth-order valence-electron chi connectivity index (χ4n) is 2.92. The summed E-state index contributed by atoms with van der Waals surface area (Å²) in [6.45, 7) is 10.8. The van der Waals surface area contributed by atoms with Gasteiger partial charge in [0.15, 0.2) is 0 Å². The third kappa shape index (κ3) is 1.96. The molecule has 0 nitrogen and oxygen atoms in total. The Morgan fingerprint density at radius 1 is 1.33 bits per heavy atom. The van der Waals surface area contributed by atoms with Gasteiger partial charge in [0.2, 0.25) is 0 Å². The second kappa shape index (κ2) is 4.97. The Bertz CT molecular complexity index is 505. The van der Waals surface area contributed by atoms with Gasteiger partial charge in [0.05, 0.1) is 0 Å². The molecule has 18 heavy (non-hydrogen) atoms. The minimum absolute atomic E-state index is 0.0743. The van der Waals surface area contributed by atoms with Crippen molar-refractivity contribution in [2.75, 3.05) is 0 Å². The van der Waals surface area contributed by atoms with E-state index in [0.29, 0.717) is 5.92 Å². The standard InChI is InChI=1S/C18H22/c1-5-15-11-9-13-18(4,14(15)3)17-12-8-7-10-16(17)6-2/h5,7-14H,1,6H2,2-4H3. The summed E-state index contributed by atoms with van der Waals surface area (Å²) in [5.74, 6) is 0.465. The van der Waals surface area contributed by atoms with Gasteiger partial charge in [0.25, 0.3) is 0 Å². The number of hydrogen-bond donors (Lipinski definition) is 0. The molecule has 0 amide bonds. The van der Waals surface area contributed by atoms with Crippen molar-refractivity contribution in [3.05, 3.63) is 71.8 Å². The molecule has 2 atom stereocenters. The van der Waals surface area contributed by atoms with Crippen molar-refractivity contribution in [2.45, 2.75) is 32.6 Å². The van der Waals surface area contributed by atoms with Crippen molar-refractivity contribution in [3.63, 3.8) is 0 Å². The van der Waals surface area contributed by atoms with Crippen molar-refractivity contribution >= 4 is 0 Å². The molecule has 94 valence electrons. The summed E-state index contributed by atoms with van der Waals surface area (Å²) < 4.78 is 0. The zero-order valence-corrected chi connectivity index (χ0v) is 11.6. The van der Waals surface area contributed by atoms with Gasteiger partial charge >= 0.3 is 0 Å². The SMILES string of the molecule is C=CC1=CC=CC(C)(c2ccccc2CC)C1C. The second-order valence-electron chi connectivity index (χ2n) is 5.24. The summed E-state index contributed by atoms with van der Waals surface area (Å²) in [6.07, 6.45) is 9.75. The van der Waals surface area contributed by atoms with E-state index in [0.717, 1.165) is 6.42 Å². The average molecular weight is 238 g/mol. The van der Waals surface area contributed by atoms with Gasteiger partial charge in [-0.15, -0.1) is 0 Å². The van der Waals surface area contributed by atoms with E-state index in [4.69, 9.17) is 0 Å². The molecule has 1 aliphatic rings. The highest BCUT2D eigenvalue weighted by Gasteiger charge is 2.34. The largest absolute Gasteiger partial charge is 0.0988 e. The molecule has 2 rings (SSSR count). The van der Waals surface area contributed by atoms with Crippen molar-refractivity contribution < 1.29 is 0 Å². The van der Waals surface area contributed by atoms with Gasteiger partial charge in [-0.2, -0.15) is 0 Å². The van der Waals surface area contributed by atoms with Crippen LogP contribution in [0.25, 0.3) is 0 Å². The maximum atomic E-state index is 3.93. The molecule has 0 saturated carbocycles. The van der Waals surface area contributed by atoms with Gasteiger partial charge < -0.3 is 0 Å². The number of hydrogen-bond acceptors (Lipinski definition) is 0. The second-order valence-corrected chi connectivity index (χ2v) is 5.24. The third-order valence-corrected chi connectivity index (χ3v) is 4.34. The summed E-state index contributed by atoms with van der Waals surface area (Å²) in [5.41, 5.74) is 4.29. The van der Waals surface area contributed by atoms with Crippen LogP contribution >= 0.6 is 0 Å². The predicted octanol–water partition coefficient (Wildman–Crippen LogP) is 4.83. The Morgan fingerprint density at radius 2 is 2.06 bits per heavy atom. The lowest BCUT2D eigenvalue weighted by Crippen LogP contribution is -2.31. The van der Waals surface area contributed by atoms with Gasteiger partial charge in [0.1, 0.15) is 0 Å². The van der Waals surface area contributed by atoms with Crippen LogP contribution in [0.1, 0.15) is 31.9 Å². The monoisotopic (exact) mass is 238 g/mol. The summed E-state index contributed by atoms with van der Waals surface area (Å²) in [5, 5.41) is 0. The number of rotatable bonds is 3. The highest BCUT2D eigenvalue weighted by Crippen LogP contribution is 2.41. The molecule has 0 aromatic heterocycles. The van der Waals surface area contributed by atoms with E-state index in [1.807, 2.05) is 6.08 Å². The molecule has 0 heterocycles. The van der Waals surface area contributed by atoms with Gasteiger partial charge in [-0.25, -0.2) is 0 Å². The normalized spacial score (nSPS) is 26.8. The zero-order valence-electron chi connectivity index (χ0n) is 11.6. The number of aryl methyl sites for hydroxylation is 1. The molecule has 0 radical (unpaired) electrons. The minimum atomic E-state index is 0.0743. The lowest BCUT2D eigenvalue weighted by Gasteiger charge is -2.38. The fraction of sp³-hybridized carbons (Fsp3) is 0.333. The predicted molar refractivity (Wildman–Crippen MR) is 79.8 cm³/mol. The van der Waals surface area contributed by atoms with Crippen molar-refractivity contribution in [1.82, 2.24) is 0 Å². The van der Waals surface area contributed by atoms with Crippen molar-refractivity contribution in [1.29, 1.82) is 0 Å². The molecule has 0 fully saturated rings. The zero-order chi connectivity index (χ0) is 13.2. The van der Waals surface area contributed by atoms with Crippen LogP contribution in [0.5, 0.6) is 0 Å². The van der Waals surface area contributed by atoms with Gasteiger partial charge in [-0.1, -0.05) is 75.9 Å². The maximum Gasteiger partial charge on any atom is 0.0175 e. The molecular formula is C18H22. The lowest BCUT2D eigenvalue weighted by molar-refractivity contribution is 0.440. The topological polar surface area (TPSA) is 0 Å². The summed E-state index contributed by atoms with van der Waals surface area (Å²) in [6, 6.07) is 8.79. The first-order chi connectivity index (χ1) is 8.63. The first-order valence-corrected chi connectivity index (χ1v) is 6.73. The maximum absolute atomic E-state index is 3.93. The average Bonchev–Trinajstić information content (AvgIpc) is 2.42. The highest BCUT2D eigenvalue weighted by atomic mass is 14.4. The van der Waals surface area contributed by atoms with Crippen LogP contribution in [0.2, 0.25) is 0 Å². The quantitative estimate of drug-likeness (QED) is 0.708. The molecule has 0 saturated heterocycles. The van der Waals surface area contributed by atoms with Crippen LogP contribution in [-0.2, 0) is 11.8 Å². The van der Waals surface area contributed by atoms with Gasteiger partial charge in [0, 0.05) is 5.41 Å². The first-order valence-electron chi connectivity index (χ1n) is 6.73. The third-order valence-electron chi connectivity index (χ3n) is 4.34. The Labute approximate surface area is 111 Å². The molecule has 2 unspecified atom stereocenters. The highest BCUT2D eigenvalue weighted by molar-refractivity contribution is 5.45. The lowest BCUT2D eigenvalue weighted by atomic mass is 9.66. The van der Waals surface area contributed by atoms with E-state index in [-0.39, 0.29) is 5.41 Å². The molecule has 0 heteroatoms. The first kappa shape index (κ1) is 12.9. The van der Waals surface area contributed by atoms with E-state index in [1.54, 1.807) is 0 Å². The molecule has 0 N–H and O–H groups in total. The Kier molecular flexibility index (Phi) is 3.56. The summed E-state index contributed by atoms with van der Waals surface area (Å²) in [4.78, 5) is 0. The molecular weight excluding hydrogens is 216 g/mol. The van der Waals surface area contributed by atoms with Crippen LogP contribution in [0.3, 0.4) is 0 Å². The molecule has 1 aromatic rings. The molecule has 0 bridgehead atoms. The van der Waals surface area contributed by atoms with Crippen LogP contribution in [0, 0.1) is 5.92 Å². The fourth-order valence-corrected chi connectivity index (χ4v) is 2.92. The van der Waals surface area contributed by atoms with Crippen LogP contribution in [0.4, 0.5) is 0 Å². The Morgan fingerprint density at radius 3 is 2.72 bits per heavy atom. The van der Waals surface area contributed by atoms with Crippen molar-refractivity contribution in [3.8, 4) is 0 Å².